The van der Waals surface area contributed by atoms with Crippen molar-refractivity contribution in [1.29, 1.82) is 0 Å². The van der Waals surface area contributed by atoms with E-state index in [2.05, 4.69) is 0 Å². The summed E-state index contributed by atoms with van der Waals surface area (Å²) >= 11 is 18.0. The molecule has 4 nitrogen and oxygen atoms in total. The lowest BCUT2D eigenvalue weighted by atomic mass is 10.0. The zero-order valence-electron chi connectivity index (χ0n) is 14.6. The molecule has 1 aromatic heterocycles. The summed E-state index contributed by atoms with van der Waals surface area (Å²) in [4.78, 5) is 1.78. The summed E-state index contributed by atoms with van der Waals surface area (Å²) in [7, 11) is 1.76. The van der Waals surface area contributed by atoms with Crippen molar-refractivity contribution in [3.63, 3.8) is 0 Å². The Bertz CT molecular complexity index is 916. The van der Waals surface area contributed by atoms with Crippen LogP contribution in [0.3, 0.4) is 0 Å². The first-order valence-electron chi connectivity index (χ1n) is 8.34. The molecule has 0 bridgehead atoms. The molecule has 28 heavy (non-hydrogen) atoms. The minimum Gasteiger partial charge on any atom is -0.322 e. The number of piperidine rings is 1. The van der Waals surface area contributed by atoms with E-state index in [4.69, 9.17) is 34.1 Å². The molecule has 1 aliphatic heterocycles. The predicted octanol–water partition coefficient (Wildman–Crippen LogP) is 6.29. The number of fused-ring (bicyclic) bond motifs is 1. The van der Waals surface area contributed by atoms with Crippen LogP contribution in [-0.2, 0) is 11.1 Å². The van der Waals surface area contributed by atoms with Crippen LogP contribution in [0.1, 0.15) is 6.42 Å². The monoisotopic (exact) mass is 479 g/mol. The van der Waals surface area contributed by atoms with Crippen LogP contribution in [0.15, 0.2) is 24.3 Å². The van der Waals surface area contributed by atoms with Crippen LogP contribution < -0.4 is 4.67 Å². The van der Waals surface area contributed by atoms with Crippen LogP contribution in [0.4, 0.5) is 23.2 Å². The number of likely N-dealkylation sites (tertiary alicyclic amines) is 1. The highest BCUT2D eigenvalue weighted by Crippen LogP contribution is 2.64. The number of alkyl halides is 4. The van der Waals surface area contributed by atoms with Gasteiger partial charge >= 0.3 is 12.2 Å². The summed E-state index contributed by atoms with van der Waals surface area (Å²) in [6.45, 7) is -0.667. The molecule has 0 radical (unpaired) electrons. The van der Waals surface area contributed by atoms with Gasteiger partial charge in [0.1, 0.15) is 17.9 Å². The second-order valence-electron chi connectivity index (χ2n) is 6.79. The van der Waals surface area contributed by atoms with E-state index in [0.29, 0.717) is 13.0 Å². The molecule has 1 aliphatic rings. The van der Waals surface area contributed by atoms with E-state index in [1.165, 1.54) is 24.3 Å². The fraction of sp³-hybridized carbons (Fsp3) is 0.500. The summed E-state index contributed by atoms with van der Waals surface area (Å²) in [6, 6.07) is 4.85. The van der Waals surface area contributed by atoms with E-state index in [-0.39, 0.29) is 28.3 Å². The van der Waals surface area contributed by atoms with Gasteiger partial charge in [-0.25, -0.2) is 4.39 Å². The maximum Gasteiger partial charge on any atom is 0.406 e. The van der Waals surface area contributed by atoms with Gasteiger partial charge in [-0.15, -0.1) is 0 Å². The number of hydrogen-bond acceptors (Lipinski definition) is 2. The molecule has 1 saturated heterocycles. The van der Waals surface area contributed by atoms with Crippen LogP contribution in [0.5, 0.6) is 0 Å². The number of hydrogen-bond donors (Lipinski definition) is 0. The van der Waals surface area contributed by atoms with Crippen molar-refractivity contribution >= 4 is 56.7 Å². The molecule has 0 aliphatic carbocycles. The molecule has 0 unspecified atom stereocenters. The number of halogens is 7. The van der Waals surface area contributed by atoms with Crippen molar-refractivity contribution in [3.8, 4) is 0 Å². The molecular formula is C16H17Cl3F4N3OP. The Balaban J connectivity index is 2.14. The molecule has 1 aromatic carbocycles. The van der Waals surface area contributed by atoms with Crippen LogP contribution in [0.25, 0.3) is 10.9 Å². The van der Waals surface area contributed by atoms with Gasteiger partial charge in [0.2, 0.25) is 0 Å². The van der Waals surface area contributed by atoms with Gasteiger partial charge < -0.3 is 9.47 Å². The summed E-state index contributed by atoms with van der Waals surface area (Å²) in [5.41, 5.74) is 0.348. The van der Waals surface area contributed by atoms with Crippen LogP contribution in [0, 0.1) is 0 Å². The smallest absolute Gasteiger partial charge is 0.322 e. The first-order chi connectivity index (χ1) is 12.9. The highest BCUT2D eigenvalue weighted by atomic mass is 35.9. The molecule has 3 rings (SSSR count). The number of anilines is 1. The van der Waals surface area contributed by atoms with Gasteiger partial charge in [-0.3, -0.25) is 9.24 Å². The normalized spacial score (nSPS) is 22.0. The third-order valence-corrected chi connectivity index (χ3v) is 7.04. The highest BCUT2D eigenvalue weighted by Gasteiger charge is 2.41. The second kappa shape index (κ2) is 7.88. The molecule has 2 atom stereocenters. The summed E-state index contributed by atoms with van der Waals surface area (Å²) < 4.78 is 68.2. The minimum absolute atomic E-state index is 0.0980. The third-order valence-electron chi connectivity index (χ3n) is 4.73. The maximum absolute atomic E-state index is 14.8. The van der Waals surface area contributed by atoms with E-state index in [1.54, 1.807) is 11.9 Å². The minimum atomic E-state index is -4.49. The van der Waals surface area contributed by atoms with Gasteiger partial charge in [-0.2, -0.15) is 13.2 Å². The van der Waals surface area contributed by atoms with Crippen LogP contribution >= 0.6 is 40.1 Å². The molecule has 156 valence electrons. The number of aromatic nitrogens is 1. The van der Waals surface area contributed by atoms with E-state index in [9.17, 15) is 22.1 Å². The number of rotatable bonds is 4. The lowest BCUT2D eigenvalue weighted by molar-refractivity contribution is -0.139. The Labute approximate surface area is 173 Å². The number of benzene rings is 1. The van der Waals surface area contributed by atoms with Gasteiger partial charge in [-0.05, 0) is 54.1 Å². The Morgan fingerprint density at radius 2 is 2.00 bits per heavy atom. The lowest BCUT2D eigenvalue weighted by Crippen LogP contribution is -2.49. The molecule has 2 aromatic rings. The SMILES string of the molecule is CN1CC[C@@H](N(c2cccc3c2cc(Cl)n3CC(F)(F)F)P(=O)(Cl)Cl)[C@@H](F)C1. The quantitative estimate of drug-likeness (QED) is 0.380. The number of nitrogens with zero attached hydrogens (tertiary/aromatic N) is 3. The first kappa shape index (κ1) is 22.0. The van der Waals surface area contributed by atoms with Gasteiger partial charge in [0.05, 0.1) is 17.2 Å². The van der Waals surface area contributed by atoms with Crippen molar-refractivity contribution in [3.05, 3.63) is 29.4 Å². The highest BCUT2D eigenvalue weighted by molar-refractivity contribution is 8.09. The molecule has 0 spiro atoms. The molecule has 2 heterocycles. The van der Waals surface area contributed by atoms with E-state index < -0.39 is 30.9 Å². The molecule has 12 heteroatoms. The van der Waals surface area contributed by atoms with Gasteiger partial charge in [0.25, 0.3) is 0 Å². The lowest BCUT2D eigenvalue weighted by Gasteiger charge is -2.40. The van der Waals surface area contributed by atoms with E-state index in [1.807, 2.05) is 0 Å². The molecular weight excluding hydrogens is 464 g/mol. The topological polar surface area (TPSA) is 28.5 Å². The predicted molar refractivity (Wildman–Crippen MR) is 106 cm³/mol. The fourth-order valence-corrected chi connectivity index (χ4v) is 6.02. The Morgan fingerprint density at radius 1 is 1.32 bits per heavy atom. The average Bonchev–Trinajstić information content (AvgIpc) is 2.84. The van der Waals surface area contributed by atoms with Crippen LogP contribution in [-0.4, -0.2) is 48.0 Å². The largest absolute Gasteiger partial charge is 0.406 e. The van der Waals surface area contributed by atoms with E-state index >= 15 is 0 Å². The maximum atomic E-state index is 14.8. The molecule has 0 N–H and O–H groups in total. The first-order valence-corrected chi connectivity index (χ1v) is 12.2. The Hall–Kier alpha value is -0.660. The Kier molecular flexibility index (Phi) is 6.20. The molecule has 0 saturated carbocycles. The van der Waals surface area contributed by atoms with Gasteiger partial charge in [-0.1, -0.05) is 17.7 Å². The summed E-state index contributed by atoms with van der Waals surface area (Å²) in [5.74, 6) is -4.03. The van der Waals surface area contributed by atoms with E-state index in [0.717, 1.165) is 9.24 Å². The van der Waals surface area contributed by atoms with Crippen molar-refractivity contribution in [2.24, 2.45) is 0 Å². The van der Waals surface area contributed by atoms with Crippen molar-refractivity contribution in [1.82, 2.24) is 9.47 Å². The zero-order valence-corrected chi connectivity index (χ0v) is 17.8. The second-order valence-corrected chi connectivity index (χ2v) is 11.7. The van der Waals surface area contributed by atoms with Crippen molar-refractivity contribution in [2.45, 2.75) is 31.4 Å². The van der Waals surface area contributed by atoms with Crippen molar-refractivity contribution < 1.29 is 22.1 Å². The van der Waals surface area contributed by atoms with Gasteiger partial charge in [0, 0.05) is 18.5 Å². The zero-order chi connectivity index (χ0) is 20.9. The van der Waals surface area contributed by atoms with Gasteiger partial charge in [0.15, 0.2) is 0 Å². The molecule has 0 amide bonds. The standard InChI is InChI=1S/C16H17Cl3F4N3OP/c1-24-6-5-14(11(20)8-24)26(28(18,19)27)13-4-2-3-12-10(13)7-15(17)25(12)9-16(21,22)23/h2-4,7,11,14H,5-6,8-9H2,1H3/t11-,14+/m0/s1. The molecule has 1 fully saturated rings. The fourth-order valence-electron chi connectivity index (χ4n) is 3.57. The summed E-state index contributed by atoms with van der Waals surface area (Å²) in [5, 5.41) is 0.114. The average molecular weight is 481 g/mol. The van der Waals surface area contributed by atoms with Crippen LogP contribution in [0.2, 0.25) is 5.15 Å². The summed E-state index contributed by atoms with van der Waals surface area (Å²) in [6.07, 6.45) is -5.58. The Morgan fingerprint density at radius 3 is 2.57 bits per heavy atom. The third kappa shape index (κ3) is 4.57. The van der Waals surface area contributed by atoms with Crippen molar-refractivity contribution in [2.75, 3.05) is 24.8 Å².